The van der Waals surface area contributed by atoms with Gasteiger partial charge in [-0.2, -0.15) is 5.06 Å². The van der Waals surface area contributed by atoms with E-state index >= 15 is 0 Å². The van der Waals surface area contributed by atoms with E-state index in [9.17, 15) is 14.8 Å². The zero-order valence-electron chi connectivity index (χ0n) is 10.9. The lowest BCUT2D eigenvalue weighted by Crippen LogP contribution is -2.45. The van der Waals surface area contributed by atoms with Crippen molar-refractivity contribution >= 4 is 12.1 Å². The lowest BCUT2D eigenvalue weighted by atomic mass is 10.0. The van der Waals surface area contributed by atoms with E-state index in [4.69, 9.17) is 9.84 Å². The quantitative estimate of drug-likeness (QED) is 0.587. The van der Waals surface area contributed by atoms with Crippen molar-refractivity contribution in [3.8, 4) is 0 Å². The fourth-order valence-electron chi connectivity index (χ4n) is 1.19. The van der Waals surface area contributed by atoms with Crippen LogP contribution in [-0.4, -0.2) is 39.1 Å². The molecule has 0 bridgehead atoms. The van der Waals surface area contributed by atoms with Gasteiger partial charge >= 0.3 is 12.1 Å². The van der Waals surface area contributed by atoms with Gasteiger partial charge in [0.25, 0.3) is 0 Å². The molecule has 100 valence electrons. The summed E-state index contributed by atoms with van der Waals surface area (Å²) in [6.45, 7) is 8.52. The first-order chi connectivity index (χ1) is 7.54. The largest absolute Gasteiger partial charge is 0.480 e. The van der Waals surface area contributed by atoms with Crippen molar-refractivity contribution in [3.63, 3.8) is 0 Å². The molecule has 0 unspecified atom stereocenters. The van der Waals surface area contributed by atoms with Gasteiger partial charge in [0.1, 0.15) is 5.60 Å². The third-order valence-corrected chi connectivity index (χ3v) is 1.86. The molecule has 1 atom stereocenters. The third kappa shape index (κ3) is 6.11. The van der Waals surface area contributed by atoms with Gasteiger partial charge in [0.05, 0.1) is 0 Å². The van der Waals surface area contributed by atoms with Gasteiger partial charge in [-0.15, -0.1) is 0 Å². The summed E-state index contributed by atoms with van der Waals surface area (Å²) in [7, 11) is 0. The molecule has 17 heavy (non-hydrogen) atoms. The number of amides is 1. The summed E-state index contributed by atoms with van der Waals surface area (Å²) in [5.41, 5.74) is -0.779. The molecule has 6 heteroatoms. The van der Waals surface area contributed by atoms with E-state index < -0.39 is 23.7 Å². The average molecular weight is 247 g/mol. The number of carboxylic acids is 1. The van der Waals surface area contributed by atoms with Crippen LogP contribution in [0, 0.1) is 5.92 Å². The smallest absolute Gasteiger partial charge is 0.435 e. The number of carboxylic acid groups (broad SMARTS) is 1. The Morgan fingerprint density at radius 3 is 2.06 bits per heavy atom. The van der Waals surface area contributed by atoms with Crippen molar-refractivity contribution in [2.75, 3.05) is 0 Å². The monoisotopic (exact) mass is 247 g/mol. The van der Waals surface area contributed by atoms with Crippen LogP contribution in [0.25, 0.3) is 0 Å². The molecular formula is C11H21NO5. The van der Waals surface area contributed by atoms with Crippen LogP contribution in [0.15, 0.2) is 0 Å². The summed E-state index contributed by atoms with van der Waals surface area (Å²) >= 11 is 0. The lowest BCUT2D eigenvalue weighted by molar-refractivity contribution is -0.166. The van der Waals surface area contributed by atoms with Crippen LogP contribution in [0.3, 0.4) is 0 Å². The lowest BCUT2D eigenvalue weighted by Gasteiger charge is -2.27. The number of hydrogen-bond donors (Lipinski definition) is 2. The Hall–Kier alpha value is -1.30. The second-order valence-electron chi connectivity index (χ2n) is 5.31. The first-order valence-electron chi connectivity index (χ1n) is 5.48. The summed E-state index contributed by atoms with van der Waals surface area (Å²) in [6, 6.07) is -1.29. The van der Waals surface area contributed by atoms with E-state index in [-0.39, 0.29) is 17.4 Å². The summed E-state index contributed by atoms with van der Waals surface area (Å²) in [4.78, 5) is 22.4. The maximum absolute atomic E-state index is 11.5. The molecule has 0 saturated carbocycles. The van der Waals surface area contributed by atoms with Gasteiger partial charge in [-0.05, 0) is 33.1 Å². The Bertz CT molecular complexity index is 282. The van der Waals surface area contributed by atoms with E-state index in [1.165, 1.54) is 0 Å². The fraction of sp³-hybridized carbons (Fsp3) is 0.818. The predicted molar refractivity (Wildman–Crippen MR) is 60.7 cm³/mol. The molecule has 0 radical (unpaired) electrons. The summed E-state index contributed by atoms with van der Waals surface area (Å²) in [6.07, 6.45) is -0.893. The maximum Gasteiger partial charge on any atom is 0.435 e. The summed E-state index contributed by atoms with van der Waals surface area (Å²) < 4.78 is 4.89. The standard InChI is InChI=1S/C11H21NO5/c1-7(2)6-8(9(13)14)12(16)10(15)17-11(3,4)5/h7-8,16H,6H2,1-5H3,(H,13,14)/t8-/m1/s1. The number of carbonyl (C=O) groups excluding carboxylic acids is 1. The molecule has 6 nitrogen and oxygen atoms in total. The highest BCUT2D eigenvalue weighted by molar-refractivity contribution is 5.79. The summed E-state index contributed by atoms with van der Waals surface area (Å²) in [5, 5.41) is 18.6. The van der Waals surface area contributed by atoms with Gasteiger partial charge in [0.15, 0.2) is 6.04 Å². The van der Waals surface area contributed by atoms with Crippen LogP contribution in [0.2, 0.25) is 0 Å². The van der Waals surface area contributed by atoms with Gasteiger partial charge in [0.2, 0.25) is 0 Å². The number of carbonyl (C=O) groups is 2. The molecule has 0 spiro atoms. The van der Waals surface area contributed by atoms with Crippen LogP contribution in [0.1, 0.15) is 41.0 Å². The zero-order valence-corrected chi connectivity index (χ0v) is 10.9. The van der Waals surface area contributed by atoms with Gasteiger partial charge in [-0.1, -0.05) is 13.8 Å². The molecule has 0 aromatic heterocycles. The van der Waals surface area contributed by atoms with E-state index in [1.807, 2.05) is 0 Å². The molecule has 0 aliphatic rings. The Morgan fingerprint density at radius 2 is 1.76 bits per heavy atom. The normalized spacial score (nSPS) is 13.4. The van der Waals surface area contributed by atoms with Crippen molar-refractivity contribution in [1.29, 1.82) is 0 Å². The highest BCUT2D eigenvalue weighted by Gasteiger charge is 2.32. The second-order valence-corrected chi connectivity index (χ2v) is 5.31. The molecular weight excluding hydrogens is 226 g/mol. The van der Waals surface area contributed by atoms with Gasteiger partial charge in [0, 0.05) is 0 Å². The van der Waals surface area contributed by atoms with Gasteiger partial charge in [-0.25, -0.2) is 9.59 Å². The first kappa shape index (κ1) is 15.7. The summed E-state index contributed by atoms with van der Waals surface area (Å²) in [5.74, 6) is -1.22. The molecule has 0 heterocycles. The first-order valence-corrected chi connectivity index (χ1v) is 5.48. The molecule has 1 amide bonds. The molecule has 0 aliphatic carbocycles. The minimum atomic E-state index is -1.29. The van der Waals surface area contributed by atoms with Crippen molar-refractivity contribution in [2.45, 2.75) is 52.7 Å². The van der Waals surface area contributed by atoms with E-state index in [2.05, 4.69) is 0 Å². The maximum atomic E-state index is 11.5. The molecule has 0 rings (SSSR count). The van der Waals surface area contributed by atoms with E-state index in [1.54, 1.807) is 34.6 Å². The number of aliphatic carboxylic acids is 1. The van der Waals surface area contributed by atoms with Crippen molar-refractivity contribution in [1.82, 2.24) is 5.06 Å². The molecule has 0 aliphatic heterocycles. The Kier molecular flexibility index (Phi) is 5.41. The van der Waals surface area contributed by atoms with Crippen LogP contribution in [0.5, 0.6) is 0 Å². The highest BCUT2D eigenvalue weighted by Crippen LogP contribution is 2.15. The third-order valence-electron chi connectivity index (χ3n) is 1.86. The number of hydrogen-bond acceptors (Lipinski definition) is 4. The molecule has 0 saturated heterocycles. The molecule has 2 N–H and O–H groups in total. The Labute approximate surface area is 101 Å². The van der Waals surface area contributed by atoms with E-state index in [0.29, 0.717) is 0 Å². The Morgan fingerprint density at radius 1 is 1.29 bits per heavy atom. The number of ether oxygens (including phenoxy) is 1. The fourth-order valence-corrected chi connectivity index (χ4v) is 1.19. The van der Waals surface area contributed by atoms with Crippen molar-refractivity contribution in [2.24, 2.45) is 5.92 Å². The van der Waals surface area contributed by atoms with Crippen LogP contribution >= 0.6 is 0 Å². The van der Waals surface area contributed by atoms with Crippen LogP contribution < -0.4 is 0 Å². The minimum Gasteiger partial charge on any atom is -0.480 e. The van der Waals surface area contributed by atoms with Crippen molar-refractivity contribution < 1.29 is 24.6 Å². The average Bonchev–Trinajstić information content (AvgIpc) is 2.09. The second kappa shape index (κ2) is 5.86. The van der Waals surface area contributed by atoms with Crippen LogP contribution in [-0.2, 0) is 9.53 Å². The van der Waals surface area contributed by atoms with Gasteiger partial charge < -0.3 is 9.84 Å². The molecule has 0 aromatic carbocycles. The Balaban J connectivity index is 4.67. The number of rotatable bonds is 4. The van der Waals surface area contributed by atoms with Crippen LogP contribution in [0.4, 0.5) is 4.79 Å². The number of hydroxylamine groups is 2. The van der Waals surface area contributed by atoms with Gasteiger partial charge in [-0.3, -0.25) is 5.21 Å². The topological polar surface area (TPSA) is 87.1 Å². The number of nitrogens with zero attached hydrogens (tertiary/aromatic N) is 1. The predicted octanol–water partition coefficient (Wildman–Crippen LogP) is 2.11. The minimum absolute atomic E-state index is 0.0354. The molecule has 0 fully saturated rings. The highest BCUT2D eigenvalue weighted by atomic mass is 16.6. The van der Waals surface area contributed by atoms with E-state index in [0.717, 1.165) is 0 Å². The zero-order chi connectivity index (χ0) is 13.8. The SMILES string of the molecule is CC(C)C[C@H](C(=O)O)N(O)C(=O)OC(C)(C)C. The van der Waals surface area contributed by atoms with Crippen molar-refractivity contribution in [3.05, 3.63) is 0 Å². The molecule has 0 aromatic rings.